The van der Waals surface area contributed by atoms with Crippen LogP contribution in [0.2, 0.25) is 0 Å². The maximum Gasteiger partial charge on any atom is 0.306 e. The van der Waals surface area contributed by atoms with Crippen molar-refractivity contribution in [2.75, 3.05) is 6.61 Å². The molecule has 2 aromatic carbocycles. The summed E-state index contributed by atoms with van der Waals surface area (Å²) in [6, 6.07) is 15.2. The lowest BCUT2D eigenvalue weighted by Crippen LogP contribution is -2.32. The summed E-state index contributed by atoms with van der Waals surface area (Å²) in [5, 5.41) is 6.73. The second-order valence-corrected chi connectivity index (χ2v) is 7.00. The van der Waals surface area contributed by atoms with Crippen molar-refractivity contribution < 1.29 is 23.2 Å². The molecule has 7 nitrogen and oxygen atoms in total. The Morgan fingerprint density at radius 2 is 1.87 bits per heavy atom. The molecule has 8 heteroatoms. The van der Waals surface area contributed by atoms with Gasteiger partial charge in [-0.05, 0) is 36.2 Å². The monoisotopic (exact) mass is 425 g/mol. The minimum absolute atomic E-state index is 0.00456. The second kappa shape index (κ2) is 11.0. The Morgan fingerprint density at radius 1 is 1.13 bits per heavy atom. The summed E-state index contributed by atoms with van der Waals surface area (Å²) in [6.45, 7) is 1.69. The van der Waals surface area contributed by atoms with E-state index in [-0.39, 0.29) is 43.1 Å². The molecule has 162 valence electrons. The molecule has 0 aliphatic heterocycles. The molecule has 0 radical (unpaired) electrons. The molecule has 1 aromatic heterocycles. The van der Waals surface area contributed by atoms with Crippen molar-refractivity contribution in [2.45, 2.75) is 38.6 Å². The lowest BCUT2D eigenvalue weighted by Gasteiger charge is -2.18. The molecule has 1 amide bonds. The fourth-order valence-electron chi connectivity index (χ4n) is 3.03. The summed E-state index contributed by atoms with van der Waals surface area (Å²) in [6.07, 6.45) is 1.87. The van der Waals surface area contributed by atoms with E-state index in [9.17, 15) is 14.0 Å². The first-order valence-corrected chi connectivity index (χ1v) is 10.1. The van der Waals surface area contributed by atoms with E-state index in [0.717, 1.165) is 18.4 Å². The number of hydrogen-bond donors (Lipinski definition) is 1. The van der Waals surface area contributed by atoms with Crippen molar-refractivity contribution in [3.63, 3.8) is 0 Å². The van der Waals surface area contributed by atoms with Crippen molar-refractivity contribution >= 4 is 11.9 Å². The van der Waals surface area contributed by atoms with E-state index < -0.39 is 5.97 Å². The number of halogens is 1. The number of ether oxygens (including phenoxy) is 1. The standard InChI is InChI=1S/C23H24FN3O4/c1-2-6-19(16-7-4-3-5-8-16)25-20(28)15-30-22(29)14-13-21-26-23(27-31-21)17-9-11-18(24)12-10-17/h3-5,7-12,19H,2,6,13-15H2,1H3,(H,25,28). The third kappa shape index (κ3) is 6.74. The Morgan fingerprint density at radius 3 is 2.58 bits per heavy atom. The van der Waals surface area contributed by atoms with E-state index in [4.69, 9.17) is 9.26 Å². The first-order valence-electron chi connectivity index (χ1n) is 10.1. The molecule has 0 saturated carbocycles. The lowest BCUT2D eigenvalue weighted by atomic mass is 10.0. The number of aromatic nitrogens is 2. The Labute approximate surface area is 179 Å². The molecule has 0 aliphatic carbocycles. The van der Waals surface area contributed by atoms with Crippen LogP contribution in [0.15, 0.2) is 59.1 Å². The number of benzene rings is 2. The fraction of sp³-hybridized carbons (Fsp3) is 0.304. The summed E-state index contributed by atoms with van der Waals surface area (Å²) in [5.74, 6) is -0.682. The van der Waals surface area contributed by atoms with Crippen LogP contribution in [0, 0.1) is 5.82 Å². The van der Waals surface area contributed by atoms with Gasteiger partial charge in [-0.25, -0.2) is 4.39 Å². The first kappa shape index (κ1) is 22.1. The van der Waals surface area contributed by atoms with Gasteiger partial charge in [0.25, 0.3) is 5.91 Å². The normalized spacial score (nSPS) is 11.7. The van der Waals surface area contributed by atoms with Gasteiger partial charge in [0, 0.05) is 12.0 Å². The quantitative estimate of drug-likeness (QED) is 0.493. The van der Waals surface area contributed by atoms with Gasteiger partial charge in [-0.15, -0.1) is 0 Å². The summed E-state index contributed by atoms with van der Waals surface area (Å²) >= 11 is 0. The van der Waals surface area contributed by atoms with E-state index in [1.165, 1.54) is 24.3 Å². The molecular weight excluding hydrogens is 401 g/mol. The molecule has 0 saturated heterocycles. The molecule has 31 heavy (non-hydrogen) atoms. The number of aryl methyl sites for hydroxylation is 1. The molecule has 1 heterocycles. The maximum atomic E-state index is 13.0. The van der Waals surface area contributed by atoms with Gasteiger partial charge in [0.2, 0.25) is 11.7 Å². The summed E-state index contributed by atoms with van der Waals surface area (Å²) in [4.78, 5) is 28.4. The highest BCUT2D eigenvalue weighted by molar-refractivity contribution is 5.80. The van der Waals surface area contributed by atoms with Crippen LogP contribution in [0.5, 0.6) is 0 Å². The Hall–Kier alpha value is -3.55. The van der Waals surface area contributed by atoms with Crippen molar-refractivity contribution in [2.24, 2.45) is 0 Å². The van der Waals surface area contributed by atoms with Crippen molar-refractivity contribution in [1.82, 2.24) is 15.5 Å². The van der Waals surface area contributed by atoms with E-state index >= 15 is 0 Å². The molecule has 0 aliphatic rings. The van der Waals surface area contributed by atoms with Crippen molar-refractivity contribution in [1.29, 1.82) is 0 Å². The van der Waals surface area contributed by atoms with Gasteiger partial charge in [-0.2, -0.15) is 4.98 Å². The number of esters is 1. The van der Waals surface area contributed by atoms with Crippen LogP contribution < -0.4 is 5.32 Å². The van der Waals surface area contributed by atoms with E-state index in [1.807, 2.05) is 37.3 Å². The number of carbonyl (C=O) groups is 2. The smallest absolute Gasteiger partial charge is 0.306 e. The van der Waals surface area contributed by atoms with Crippen LogP contribution in [0.1, 0.15) is 43.7 Å². The van der Waals surface area contributed by atoms with Crippen LogP contribution >= 0.6 is 0 Å². The summed E-state index contributed by atoms with van der Waals surface area (Å²) in [7, 11) is 0. The zero-order valence-electron chi connectivity index (χ0n) is 17.2. The zero-order chi connectivity index (χ0) is 22.1. The van der Waals surface area contributed by atoms with Gasteiger partial charge in [0.15, 0.2) is 6.61 Å². The Bertz CT molecular complexity index is 990. The average Bonchev–Trinajstić information content (AvgIpc) is 3.26. The molecule has 0 spiro atoms. The molecule has 1 atom stereocenters. The summed E-state index contributed by atoms with van der Waals surface area (Å²) < 4.78 is 23.2. The average molecular weight is 425 g/mol. The number of rotatable bonds is 10. The number of amides is 1. The Kier molecular flexibility index (Phi) is 7.86. The zero-order valence-corrected chi connectivity index (χ0v) is 17.2. The van der Waals surface area contributed by atoms with Gasteiger partial charge in [0.1, 0.15) is 5.82 Å². The predicted molar refractivity (Wildman–Crippen MR) is 111 cm³/mol. The predicted octanol–water partition coefficient (Wildman–Crippen LogP) is 4.01. The molecule has 3 aromatic rings. The van der Waals surface area contributed by atoms with E-state index in [1.54, 1.807) is 0 Å². The molecule has 0 bridgehead atoms. The maximum absolute atomic E-state index is 13.0. The Balaban J connectivity index is 1.43. The SMILES string of the molecule is CCCC(NC(=O)COC(=O)CCc1nc(-c2ccc(F)cc2)no1)c1ccccc1. The van der Waals surface area contributed by atoms with Crippen LogP contribution in [-0.4, -0.2) is 28.6 Å². The minimum Gasteiger partial charge on any atom is -0.456 e. The number of carbonyl (C=O) groups excluding carboxylic acids is 2. The minimum atomic E-state index is -0.538. The van der Waals surface area contributed by atoms with Gasteiger partial charge < -0.3 is 14.6 Å². The van der Waals surface area contributed by atoms with Gasteiger partial charge in [0.05, 0.1) is 12.5 Å². The van der Waals surface area contributed by atoms with E-state index in [0.29, 0.717) is 11.4 Å². The van der Waals surface area contributed by atoms with Gasteiger partial charge >= 0.3 is 5.97 Å². The van der Waals surface area contributed by atoms with Crippen LogP contribution in [0.25, 0.3) is 11.4 Å². The van der Waals surface area contributed by atoms with Crippen LogP contribution in [-0.2, 0) is 20.7 Å². The molecule has 3 rings (SSSR count). The first-order chi connectivity index (χ1) is 15.0. The van der Waals surface area contributed by atoms with Gasteiger partial charge in [-0.3, -0.25) is 9.59 Å². The third-order valence-electron chi connectivity index (χ3n) is 4.59. The third-order valence-corrected chi connectivity index (χ3v) is 4.59. The lowest BCUT2D eigenvalue weighted by molar-refractivity contribution is -0.148. The van der Waals surface area contributed by atoms with E-state index in [2.05, 4.69) is 15.5 Å². The number of nitrogens with zero attached hydrogens (tertiary/aromatic N) is 2. The van der Waals surface area contributed by atoms with Crippen LogP contribution in [0.3, 0.4) is 0 Å². The highest BCUT2D eigenvalue weighted by atomic mass is 19.1. The number of hydrogen-bond acceptors (Lipinski definition) is 6. The highest BCUT2D eigenvalue weighted by Crippen LogP contribution is 2.18. The number of nitrogens with one attached hydrogen (secondary N) is 1. The second-order valence-electron chi connectivity index (χ2n) is 7.00. The van der Waals surface area contributed by atoms with Gasteiger partial charge in [-0.1, -0.05) is 48.8 Å². The van der Waals surface area contributed by atoms with Crippen molar-refractivity contribution in [3.8, 4) is 11.4 Å². The largest absolute Gasteiger partial charge is 0.456 e. The molecule has 0 fully saturated rings. The highest BCUT2D eigenvalue weighted by Gasteiger charge is 2.16. The fourth-order valence-corrected chi connectivity index (χ4v) is 3.03. The molecular formula is C23H24FN3O4. The topological polar surface area (TPSA) is 94.3 Å². The van der Waals surface area contributed by atoms with Crippen LogP contribution in [0.4, 0.5) is 4.39 Å². The van der Waals surface area contributed by atoms with Crippen molar-refractivity contribution in [3.05, 3.63) is 71.9 Å². The molecule has 1 N–H and O–H groups in total. The summed E-state index contributed by atoms with van der Waals surface area (Å²) in [5.41, 5.74) is 1.62. The molecule has 1 unspecified atom stereocenters.